The van der Waals surface area contributed by atoms with Gasteiger partial charge in [0.15, 0.2) is 0 Å². The number of nitrogens with two attached hydrogens (primary N) is 1. The van der Waals surface area contributed by atoms with E-state index in [-0.39, 0.29) is 11.7 Å². The number of likely N-dealkylation sites (tertiary alicyclic amines) is 1. The minimum atomic E-state index is -0.0772. The van der Waals surface area contributed by atoms with Crippen LogP contribution in [0.1, 0.15) is 28.8 Å². The van der Waals surface area contributed by atoms with Crippen LogP contribution in [0.25, 0.3) is 0 Å². The van der Waals surface area contributed by atoms with Crippen molar-refractivity contribution in [2.45, 2.75) is 19.8 Å². The summed E-state index contributed by atoms with van der Waals surface area (Å²) in [7, 11) is 0. The van der Waals surface area contributed by atoms with Gasteiger partial charge in [0.05, 0.1) is 5.56 Å². The Bertz CT molecular complexity index is 437. The molecule has 1 aromatic carbocycles. The first kappa shape index (κ1) is 12.9. The Morgan fingerprint density at radius 2 is 2.11 bits per heavy atom. The lowest BCUT2D eigenvalue weighted by Gasteiger charge is -2.31. The second-order valence-corrected chi connectivity index (χ2v) is 4.94. The van der Waals surface area contributed by atoms with E-state index in [1.165, 1.54) is 0 Å². The fraction of sp³-hybridized carbons (Fsp3) is 0.500. The van der Waals surface area contributed by atoms with Gasteiger partial charge in [-0.15, -0.1) is 0 Å². The topological polar surface area (TPSA) is 66.6 Å². The number of carbonyl (C=O) groups is 1. The lowest BCUT2D eigenvalue weighted by atomic mass is 9.96. The number of phenolic OH excluding ortho intramolecular Hbond substituents is 1. The molecular weight excluding hydrogens is 228 g/mol. The van der Waals surface area contributed by atoms with E-state index in [1.807, 2.05) is 0 Å². The van der Waals surface area contributed by atoms with Crippen LogP contribution in [0.15, 0.2) is 18.2 Å². The summed E-state index contributed by atoms with van der Waals surface area (Å²) >= 11 is 0. The summed E-state index contributed by atoms with van der Waals surface area (Å²) < 4.78 is 0. The van der Waals surface area contributed by atoms with Crippen LogP contribution >= 0.6 is 0 Å². The molecule has 0 bridgehead atoms. The highest BCUT2D eigenvalue weighted by molar-refractivity contribution is 5.97. The number of piperidine rings is 1. The third-order valence-corrected chi connectivity index (χ3v) is 3.70. The van der Waals surface area contributed by atoms with Crippen LogP contribution < -0.4 is 5.73 Å². The molecule has 1 heterocycles. The Labute approximate surface area is 107 Å². The summed E-state index contributed by atoms with van der Waals surface area (Å²) in [6.07, 6.45) is 1.91. The summed E-state index contributed by atoms with van der Waals surface area (Å²) in [5.74, 6) is 0.551. The number of aryl methyl sites for hydroxylation is 1. The van der Waals surface area contributed by atoms with Gasteiger partial charge in [0.25, 0.3) is 5.91 Å². The van der Waals surface area contributed by atoms with E-state index < -0.39 is 0 Å². The Balaban J connectivity index is 2.10. The van der Waals surface area contributed by atoms with Crippen molar-refractivity contribution >= 4 is 5.91 Å². The van der Waals surface area contributed by atoms with Gasteiger partial charge in [-0.2, -0.15) is 0 Å². The number of benzene rings is 1. The van der Waals surface area contributed by atoms with Crippen molar-refractivity contribution in [3.8, 4) is 5.75 Å². The van der Waals surface area contributed by atoms with Gasteiger partial charge in [0.2, 0.25) is 0 Å². The minimum Gasteiger partial charge on any atom is -0.507 e. The summed E-state index contributed by atoms with van der Waals surface area (Å²) in [4.78, 5) is 14.1. The average Bonchev–Trinajstić information content (AvgIpc) is 2.41. The number of amides is 1. The number of phenols is 1. The number of hydrogen-bond acceptors (Lipinski definition) is 3. The van der Waals surface area contributed by atoms with Gasteiger partial charge in [0.1, 0.15) is 5.75 Å². The van der Waals surface area contributed by atoms with Gasteiger partial charge in [-0.05, 0) is 43.9 Å². The molecule has 0 aromatic heterocycles. The Kier molecular flexibility index (Phi) is 3.87. The van der Waals surface area contributed by atoms with Crippen molar-refractivity contribution in [3.05, 3.63) is 29.3 Å². The molecule has 2 rings (SSSR count). The van der Waals surface area contributed by atoms with Crippen molar-refractivity contribution in [1.82, 2.24) is 4.90 Å². The summed E-state index contributed by atoms with van der Waals surface area (Å²) in [6.45, 7) is 3.95. The zero-order valence-corrected chi connectivity index (χ0v) is 10.7. The van der Waals surface area contributed by atoms with Crippen molar-refractivity contribution in [2.75, 3.05) is 19.6 Å². The molecule has 1 saturated heterocycles. The molecule has 0 aliphatic carbocycles. The maximum Gasteiger partial charge on any atom is 0.257 e. The van der Waals surface area contributed by atoms with E-state index in [0.29, 0.717) is 18.0 Å². The zero-order chi connectivity index (χ0) is 13.1. The average molecular weight is 248 g/mol. The molecule has 4 nitrogen and oxygen atoms in total. The maximum atomic E-state index is 12.3. The highest BCUT2D eigenvalue weighted by Crippen LogP contribution is 2.25. The van der Waals surface area contributed by atoms with Crippen LogP contribution in [0.4, 0.5) is 0 Å². The van der Waals surface area contributed by atoms with Crippen LogP contribution in [0.5, 0.6) is 5.75 Å². The number of hydrogen-bond donors (Lipinski definition) is 2. The number of rotatable bonds is 2. The second-order valence-electron chi connectivity index (χ2n) is 4.94. The normalized spacial score (nSPS) is 16.9. The first-order valence-corrected chi connectivity index (χ1v) is 6.41. The first-order chi connectivity index (χ1) is 8.63. The van der Waals surface area contributed by atoms with Gasteiger partial charge in [-0.25, -0.2) is 0 Å². The molecule has 0 unspecified atom stereocenters. The van der Waals surface area contributed by atoms with Crippen molar-refractivity contribution in [1.29, 1.82) is 0 Å². The van der Waals surface area contributed by atoms with Crippen molar-refractivity contribution in [3.63, 3.8) is 0 Å². The highest BCUT2D eigenvalue weighted by atomic mass is 16.3. The molecule has 1 aliphatic rings. The molecular formula is C14H20N2O2. The summed E-state index contributed by atoms with van der Waals surface area (Å²) in [5.41, 5.74) is 6.77. The van der Waals surface area contributed by atoms with E-state index in [2.05, 4.69) is 0 Å². The molecule has 98 valence electrons. The standard InChI is InChI=1S/C14H20N2O2/c1-10-3-2-4-12(13(10)17)14(18)16-7-5-11(9-15)6-8-16/h2-4,11,17H,5-9,15H2,1H3. The minimum absolute atomic E-state index is 0.0772. The van der Waals surface area contributed by atoms with Crippen LogP contribution in [0.3, 0.4) is 0 Å². The van der Waals surface area contributed by atoms with E-state index in [9.17, 15) is 9.90 Å². The number of nitrogens with zero attached hydrogens (tertiary/aromatic N) is 1. The van der Waals surface area contributed by atoms with Crippen molar-refractivity contribution in [2.24, 2.45) is 11.7 Å². The molecule has 3 N–H and O–H groups in total. The van der Waals surface area contributed by atoms with E-state index in [0.717, 1.165) is 31.5 Å². The summed E-state index contributed by atoms with van der Waals surface area (Å²) in [6, 6.07) is 5.28. The first-order valence-electron chi connectivity index (χ1n) is 6.41. The lowest BCUT2D eigenvalue weighted by molar-refractivity contribution is 0.0690. The van der Waals surface area contributed by atoms with E-state index in [4.69, 9.17) is 5.73 Å². The molecule has 1 amide bonds. The third kappa shape index (κ3) is 2.48. The molecule has 18 heavy (non-hydrogen) atoms. The van der Waals surface area contributed by atoms with E-state index >= 15 is 0 Å². The quantitative estimate of drug-likeness (QED) is 0.833. The Morgan fingerprint density at radius 3 is 2.72 bits per heavy atom. The predicted octanol–water partition coefficient (Wildman–Crippen LogP) is 1.51. The molecule has 1 aromatic rings. The van der Waals surface area contributed by atoms with Crippen LogP contribution in [-0.4, -0.2) is 35.5 Å². The molecule has 0 radical (unpaired) electrons. The fourth-order valence-electron chi connectivity index (χ4n) is 2.37. The van der Waals surface area contributed by atoms with Gasteiger partial charge in [-0.1, -0.05) is 12.1 Å². The smallest absolute Gasteiger partial charge is 0.257 e. The molecule has 0 spiro atoms. The molecule has 0 saturated carbocycles. The van der Waals surface area contributed by atoms with Crippen LogP contribution in [0.2, 0.25) is 0 Å². The fourth-order valence-corrected chi connectivity index (χ4v) is 2.37. The Morgan fingerprint density at radius 1 is 1.44 bits per heavy atom. The highest BCUT2D eigenvalue weighted by Gasteiger charge is 2.24. The lowest BCUT2D eigenvalue weighted by Crippen LogP contribution is -2.40. The van der Waals surface area contributed by atoms with Gasteiger partial charge in [0, 0.05) is 13.1 Å². The SMILES string of the molecule is Cc1cccc(C(=O)N2CCC(CN)CC2)c1O. The van der Waals surface area contributed by atoms with Crippen molar-refractivity contribution < 1.29 is 9.90 Å². The largest absolute Gasteiger partial charge is 0.507 e. The molecule has 0 atom stereocenters. The number of para-hydroxylation sites is 1. The van der Waals surface area contributed by atoms with Gasteiger partial charge >= 0.3 is 0 Å². The Hall–Kier alpha value is -1.55. The van der Waals surface area contributed by atoms with Crippen LogP contribution in [0, 0.1) is 12.8 Å². The third-order valence-electron chi connectivity index (χ3n) is 3.70. The van der Waals surface area contributed by atoms with Gasteiger partial charge < -0.3 is 15.7 Å². The van der Waals surface area contributed by atoms with Crippen LogP contribution in [-0.2, 0) is 0 Å². The monoisotopic (exact) mass is 248 g/mol. The van der Waals surface area contributed by atoms with E-state index in [1.54, 1.807) is 30.0 Å². The predicted molar refractivity (Wildman–Crippen MR) is 70.5 cm³/mol. The number of aromatic hydroxyl groups is 1. The maximum absolute atomic E-state index is 12.3. The molecule has 4 heteroatoms. The number of carbonyl (C=O) groups excluding carboxylic acids is 1. The molecule has 1 aliphatic heterocycles. The van der Waals surface area contributed by atoms with Gasteiger partial charge in [-0.3, -0.25) is 4.79 Å². The molecule has 1 fully saturated rings. The zero-order valence-electron chi connectivity index (χ0n) is 10.7. The summed E-state index contributed by atoms with van der Waals surface area (Å²) in [5, 5.41) is 9.93. The second kappa shape index (κ2) is 5.40.